The Morgan fingerprint density at radius 1 is 1.27 bits per heavy atom. The number of benzene rings is 1. The molecule has 1 atom stereocenters. The molecule has 1 aromatic carbocycles. The van der Waals surface area contributed by atoms with E-state index in [1.54, 1.807) is 20.1 Å². The van der Waals surface area contributed by atoms with Gasteiger partial charge in [-0.3, -0.25) is 9.59 Å². The molecule has 1 aromatic heterocycles. The van der Waals surface area contributed by atoms with Crippen LogP contribution in [-0.2, 0) is 11.3 Å². The summed E-state index contributed by atoms with van der Waals surface area (Å²) in [7, 11) is 1.59. The molecule has 2 rings (SSSR count). The van der Waals surface area contributed by atoms with E-state index < -0.39 is 11.9 Å². The molecule has 1 unspecified atom stereocenters. The van der Waals surface area contributed by atoms with Crippen LogP contribution in [0, 0.1) is 0 Å². The molecule has 2 aromatic rings. The maximum atomic E-state index is 12.0. The van der Waals surface area contributed by atoms with E-state index in [1.807, 2.05) is 24.3 Å². The van der Waals surface area contributed by atoms with Crippen molar-refractivity contribution in [2.45, 2.75) is 19.5 Å². The lowest BCUT2D eigenvalue weighted by atomic mass is 10.2. The number of furan rings is 1. The Labute approximate surface area is 128 Å². The average Bonchev–Trinajstić information content (AvgIpc) is 3.07. The van der Waals surface area contributed by atoms with Crippen molar-refractivity contribution >= 4 is 11.8 Å². The zero-order chi connectivity index (χ0) is 15.9. The predicted octanol–water partition coefficient (Wildman–Crippen LogP) is 1.72. The van der Waals surface area contributed by atoms with Crippen molar-refractivity contribution in [2.24, 2.45) is 0 Å². The maximum Gasteiger partial charge on any atom is 0.287 e. The molecule has 6 heteroatoms. The minimum atomic E-state index is -0.664. The molecular weight excluding hydrogens is 284 g/mol. The van der Waals surface area contributed by atoms with Gasteiger partial charge in [0.25, 0.3) is 5.91 Å². The Balaban J connectivity index is 1.84. The first-order valence-corrected chi connectivity index (χ1v) is 6.85. The Morgan fingerprint density at radius 2 is 2.09 bits per heavy atom. The fourth-order valence-corrected chi connectivity index (χ4v) is 1.87. The Bertz CT molecular complexity index is 637. The smallest absolute Gasteiger partial charge is 0.287 e. The number of carbonyl (C=O) groups is 2. The third kappa shape index (κ3) is 4.12. The number of ether oxygens (including phenoxy) is 1. The first-order valence-electron chi connectivity index (χ1n) is 6.85. The summed E-state index contributed by atoms with van der Waals surface area (Å²) in [5.41, 5.74) is 0.914. The SMILES string of the molecule is COc1cccc(CNC(=O)C(C)NC(=O)c2ccco2)c1. The van der Waals surface area contributed by atoms with Crippen LogP contribution in [-0.4, -0.2) is 25.0 Å². The third-order valence-electron chi connectivity index (χ3n) is 3.09. The van der Waals surface area contributed by atoms with Crippen molar-refractivity contribution in [3.05, 3.63) is 54.0 Å². The van der Waals surface area contributed by atoms with Crippen molar-refractivity contribution in [3.8, 4) is 5.75 Å². The van der Waals surface area contributed by atoms with Gasteiger partial charge in [-0.05, 0) is 36.8 Å². The second-order valence-corrected chi connectivity index (χ2v) is 4.74. The van der Waals surface area contributed by atoms with E-state index in [4.69, 9.17) is 9.15 Å². The highest BCUT2D eigenvalue weighted by molar-refractivity contribution is 5.95. The number of carbonyl (C=O) groups excluding carboxylic acids is 2. The molecule has 2 N–H and O–H groups in total. The van der Waals surface area contributed by atoms with Crippen LogP contribution >= 0.6 is 0 Å². The van der Waals surface area contributed by atoms with E-state index in [0.717, 1.165) is 11.3 Å². The number of methoxy groups -OCH3 is 1. The average molecular weight is 302 g/mol. The lowest BCUT2D eigenvalue weighted by Crippen LogP contribution is -2.44. The van der Waals surface area contributed by atoms with Crippen molar-refractivity contribution in [3.63, 3.8) is 0 Å². The number of hydrogen-bond acceptors (Lipinski definition) is 4. The molecule has 0 saturated heterocycles. The predicted molar refractivity (Wildman–Crippen MR) is 80.5 cm³/mol. The number of nitrogens with one attached hydrogen (secondary N) is 2. The fraction of sp³-hybridized carbons (Fsp3) is 0.250. The zero-order valence-corrected chi connectivity index (χ0v) is 12.5. The number of hydrogen-bond donors (Lipinski definition) is 2. The van der Waals surface area contributed by atoms with Gasteiger partial charge < -0.3 is 19.8 Å². The van der Waals surface area contributed by atoms with Gasteiger partial charge in [0.05, 0.1) is 13.4 Å². The van der Waals surface area contributed by atoms with Gasteiger partial charge in [0.2, 0.25) is 5.91 Å². The number of rotatable bonds is 6. The highest BCUT2D eigenvalue weighted by Crippen LogP contribution is 2.12. The second-order valence-electron chi connectivity index (χ2n) is 4.74. The second kappa shape index (κ2) is 7.31. The third-order valence-corrected chi connectivity index (χ3v) is 3.09. The fourth-order valence-electron chi connectivity index (χ4n) is 1.87. The van der Waals surface area contributed by atoms with Gasteiger partial charge in [0, 0.05) is 6.54 Å². The summed E-state index contributed by atoms with van der Waals surface area (Å²) >= 11 is 0. The van der Waals surface area contributed by atoms with Crippen LogP contribution in [0.25, 0.3) is 0 Å². The van der Waals surface area contributed by atoms with Gasteiger partial charge in [-0.15, -0.1) is 0 Å². The molecule has 0 fully saturated rings. The molecule has 0 saturated carbocycles. The van der Waals surface area contributed by atoms with Gasteiger partial charge in [-0.25, -0.2) is 0 Å². The lowest BCUT2D eigenvalue weighted by Gasteiger charge is -2.13. The summed E-state index contributed by atoms with van der Waals surface area (Å²) < 4.78 is 10.1. The van der Waals surface area contributed by atoms with E-state index in [2.05, 4.69) is 10.6 Å². The van der Waals surface area contributed by atoms with Crippen LogP contribution in [0.15, 0.2) is 47.1 Å². The van der Waals surface area contributed by atoms with Crippen LogP contribution in [0.4, 0.5) is 0 Å². The molecule has 0 bridgehead atoms. The molecule has 0 aliphatic carbocycles. The minimum Gasteiger partial charge on any atom is -0.497 e. The van der Waals surface area contributed by atoms with E-state index >= 15 is 0 Å². The molecule has 22 heavy (non-hydrogen) atoms. The zero-order valence-electron chi connectivity index (χ0n) is 12.5. The summed E-state index contributed by atoms with van der Waals surface area (Å²) in [6.07, 6.45) is 1.41. The van der Waals surface area contributed by atoms with E-state index in [9.17, 15) is 9.59 Å². The van der Waals surface area contributed by atoms with Crippen LogP contribution in [0.3, 0.4) is 0 Å². The molecular formula is C16H18N2O4. The van der Waals surface area contributed by atoms with Crippen molar-refractivity contribution < 1.29 is 18.7 Å². The molecule has 0 spiro atoms. The minimum absolute atomic E-state index is 0.174. The monoisotopic (exact) mass is 302 g/mol. The molecule has 116 valence electrons. The van der Waals surface area contributed by atoms with E-state index in [1.165, 1.54) is 12.3 Å². The summed E-state index contributed by atoms with van der Waals surface area (Å²) in [5.74, 6) is 0.204. The van der Waals surface area contributed by atoms with Crippen molar-refractivity contribution in [1.82, 2.24) is 10.6 Å². The highest BCUT2D eigenvalue weighted by Gasteiger charge is 2.17. The van der Waals surface area contributed by atoms with Crippen LogP contribution in [0.5, 0.6) is 5.75 Å². The van der Waals surface area contributed by atoms with E-state index in [0.29, 0.717) is 6.54 Å². The Morgan fingerprint density at radius 3 is 2.77 bits per heavy atom. The highest BCUT2D eigenvalue weighted by atomic mass is 16.5. The summed E-state index contributed by atoms with van der Waals surface area (Å²) in [6.45, 7) is 1.97. The summed E-state index contributed by atoms with van der Waals surface area (Å²) in [4.78, 5) is 23.8. The molecule has 0 aliphatic rings. The summed E-state index contributed by atoms with van der Waals surface area (Å²) in [5, 5.41) is 5.33. The Hall–Kier alpha value is -2.76. The van der Waals surface area contributed by atoms with Gasteiger partial charge in [-0.1, -0.05) is 12.1 Å². The van der Waals surface area contributed by atoms with Gasteiger partial charge >= 0.3 is 0 Å². The van der Waals surface area contributed by atoms with Crippen LogP contribution in [0.1, 0.15) is 23.0 Å². The standard InChI is InChI=1S/C16H18N2O4/c1-11(18-16(20)14-7-4-8-22-14)15(19)17-10-12-5-3-6-13(9-12)21-2/h3-9,11H,10H2,1-2H3,(H,17,19)(H,18,20). The molecule has 2 amide bonds. The molecule has 0 aliphatic heterocycles. The topological polar surface area (TPSA) is 80.6 Å². The van der Waals surface area contributed by atoms with Gasteiger partial charge in [-0.2, -0.15) is 0 Å². The first-order chi connectivity index (χ1) is 10.6. The normalized spacial score (nSPS) is 11.5. The number of amides is 2. The van der Waals surface area contributed by atoms with Gasteiger partial charge in [0.1, 0.15) is 11.8 Å². The molecule has 0 radical (unpaired) electrons. The quantitative estimate of drug-likeness (QED) is 0.851. The molecule has 6 nitrogen and oxygen atoms in total. The maximum absolute atomic E-state index is 12.0. The van der Waals surface area contributed by atoms with Crippen LogP contribution < -0.4 is 15.4 Å². The Kier molecular flexibility index (Phi) is 5.19. The summed E-state index contributed by atoms with van der Waals surface area (Å²) in [6, 6.07) is 9.89. The van der Waals surface area contributed by atoms with Crippen molar-refractivity contribution in [2.75, 3.05) is 7.11 Å². The lowest BCUT2D eigenvalue weighted by molar-refractivity contribution is -0.122. The largest absolute Gasteiger partial charge is 0.497 e. The van der Waals surface area contributed by atoms with E-state index in [-0.39, 0.29) is 11.7 Å². The molecule has 1 heterocycles. The van der Waals surface area contributed by atoms with Gasteiger partial charge in [0.15, 0.2) is 5.76 Å². The first kappa shape index (κ1) is 15.6. The van der Waals surface area contributed by atoms with Crippen LogP contribution in [0.2, 0.25) is 0 Å². The van der Waals surface area contributed by atoms with Crippen molar-refractivity contribution in [1.29, 1.82) is 0 Å².